The summed E-state index contributed by atoms with van der Waals surface area (Å²) in [6, 6.07) is 11.3. The molecule has 34 heavy (non-hydrogen) atoms. The van der Waals surface area contributed by atoms with E-state index >= 15 is 0 Å². The fourth-order valence-electron chi connectivity index (χ4n) is 3.91. The largest absolute Gasteiger partial charge is 0.489 e. The minimum atomic E-state index is -2.54. The molecule has 3 aromatic rings. The number of nitrogens with zero attached hydrogens (tertiary/aromatic N) is 4. The van der Waals surface area contributed by atoms with E-state index in [9.17, 15) is 13.6 Å². The summed E-state index contributed by atoms with van der Waals surface area (Å²) in [5, 5.41) is 0. The molecule has 3 heterocycles. The maximum atomic E-state index is 12.4. The maximum absolute atomic E-state index is 12.4. The van der Waals surface area contributed by atoms with Gasteiger partial charge in [-0.3, -0.25) is 4.79 Å². The molecule has 1 fully saturated rings. The van der Waals surface area contributed by atoms with E-state index in [2.05, 4.69) is 19.9 Å². The van der Waals surface area contributed by atoms with E-state index in [1.165, 1.54) is 18.7 Å². The number of Topliss-reactive ketones (excluding diaryl/α,β-unsaturated/α-hetero) is 1. The summed E-state index contributed by atoms with van der Waals surface area (Å²) in [6.07, 6.45) is 4.70. The number of pyridine rings is 1. The number of ketones is 1. The third kappa shape index (κ3) is 6.24. The molecule has 2 aromatic heterocycles. The molecule has 2 atom stereocenters. The Balaban J connectivity index is 1.29. The first-order valence-corrected chi connectivity index (χ1v) is 11.1. The quantitative estimate of drug-likeness (QED) is 0.404. The van der Waals surface area contributed by atoms with E-state index in [4.69, 9.17) is 9.47 Å². The highest BCUT2D eigenvalue weighted by Gasteiger charge is 2.25. The van der Waals surface area contributed by atoms with E-state index in [-0.39, 0.29) is 23.7 Å². The Morgan fingerprint density at radius 2 is 1.94 bits per heavy atom. The van der Waals surface area contributed by atoms with Crippen molar-refractivity contribution >= 4 is 11.5 Å². The van der Waals surface area contributed by atoms with Crippen molar-refractivity contribution in [3.8, 4) is 11.6 Å². The SMILES string of the molecule is C[C@H](CC(=O)c1cncnc1)c1ccc(OC2CCN(c3ccnc(OCC(F)F)c3)C2)cc1. The number of aromatic nitrogens is 3. The van der Waals surface area contributed by atoms with Gasteiger partial charge in [0.15, 0.2) is 12.4 Å². The van der Waals surface area contributed by atoms with Crippen LogP contribution in [-0.4, -0.2) is 53.0 Å². The molecule has 1 unspecified atom stereocenters. The van der Waals surface area contributed by atoms with Gasteiger partial charge in [0.05, 0.1) is 12.1 Å². The van der Waals surface area contributed by atoms with Gasteiger partial charge in [-0.05, 0) is 29.7 Å². The minimum absolute atomic E-state index is 0.00142. The summed E-state index contributed by atoms with van der Waals surface area (Å²) >= 11 is 0. The fourth-order valence-corrected chi connectivity index (χ4v) is 3.91. The first-order chi connectivity index (χ1) is 16.5. The predicted molar refractivity (Wildman–Crippen MR) is 123 cm³/mol. The van der Waals surface area contributed by atoms with Gasteiger partial charge in [0.2, 0.25) is 5.88 Å². The average molecular weight is 469 g/mol. The molecule has 7 nitrogen and oxygen atoms in total. The first kappa shape index (κ1) is 23.5. The third-order valence-corrected chi connectivity index (χ3v) is 5.71. The van der Waals surface area contributed by atoms with Gasteiger partial charge in [-0.2, -0.15) is 0 Å². The molecule has 0 bridgehead atoms. The summed E-state index contributed by atoms with van der Waals surface area (Å²) in [5.41, 5.74) is 2.43. The Morgan fingerprint density at radius 3 is 2.68 bits per heavy atom. The molecule has 4 rings (SSSR count). The van der Waals surface area contributed by atoms with Crippen LogP contribution in [-0.2, 0) is 0 Å². The van der Waals surface area contributed by atoms with Crippen LogP contribution >= 0.6 is 0 Å². The Labute approximate surface area is 196 Å². The molecule has 0 aliphatic carbocycles. The van der Waals surface area contributed by atoms with Crippen molar-refractivity contribution in [2.24, 2.45) is 0 Å². The van der Waals surface area contributed by atoms with Gasteiger partial charge in [0.1, 0.15) is 18.2 Å². The molecule has 1 saturated heterocycles. The summed E-state index contributed by atoms with van der Waals surface area (Å²) < 4.78 is 35.9. The Kier molecular flexibility index (Phi) is 7.61. The third-order valence-electron chi connectivity index (χ3n) is 5.71. The normalized spacial score (nSPS) is 16.5. The van der Waals surface area contributed by atoms with E-state index in [1.54, 1.807) is 12.3 Å². The number of carbonyl (C=O) groups is 1. The Bertz CT molecular complexity index is 1080. The number of carbonyl (C=O) groups excluding carboxylic acids is 1. The summed E-state index contributed by atoms with van der Waals surface area (Å²) in [4.78, 5) is 26.3. The van der Waals surface area contributed by atoms with Crippen molar-refractivity contribution in [2.75, 3.05) is 24.6 Å². The lowest BCUT2D eigenvalue weighted by atomic mass is 9.94. The number of rotatable bonds is 10. The second kappa shape index (κ2) is 11.0. The highest BCUT2D eigenvalue weighted by atomic mass is 19.3. The molecular weight excluding hydrogens is 442 g/mol. The van der Waals surface area contributed by atoms with Crippen LogP contribution in [0, 0.1) is 0 Å². The molecule has 0 radical (unpaired) electrons. The van der Waals surface area contributed by atoms with Gasteiger partial charge >= 0.3 is 0 Å². The molecule has 1 aliphatic heterocycles. The lowest BCUT2D eigenvalue weighted by Crippen LogP contribution is -2.24. The number of hydrogen-bond donors (Lipinski definition) is 0. The fraction of sp³-hybridized carbons (Fsp3) is 0.360. The minimum Gasteiger partial charge on any atom is -0.489 e. The van der Waals surface area contributed by atoms with E-state index in [0.29, 0.717) is 18.5 Å². The average Bonchev–Trinajstić information content (AvgIpc) is 3.32. The number of alkyl halides is 2. The number of ether oxygens (including phenoxy) is 2. The van der Waals surface area contributed by atoms with Crippen molar-refractivity contribution in [3.05, 3.63) is 72.4 Å². The van der Waals surface area contributed by atoms with E-state index in [0.717, 1.165) is 30.0 Å². The van der Waals surface area contributed by atoms with Crippen molar-refractivity contribution in [3.63, 3.8) is 0 Å². The predicted octanol–water partition coefficient (Wildman–Crippen LogP) is 4.55. The van der Waals surface area contributed by atoms with Crippen molar-refractivity contribution < 1.29 is 23.0 Å². The smallest absolute Gasteiger partial charge is 0.272 e. The Morgan fingerprint density at radius 1 is 1.18 bits per heavy atom. The molecule has 178 valence electrons. The first-order valence-electron chi connectivity index (χ1n) is 11.1. The van der Waals surface area contributed by atoms with Crippen LogP contribution in [0.2, 0.25) is 0 Å². The maximum Gasteiger partial charge on any atom is 0.272 e. The van der Waals surface area contributed by atoms with Crippen LogP contribution in [0.4, 0.5) is 14.5 Å². The molecular formula is C25H26F2N4O3. The molecule has 9 heteroatoms. The van der Waals surface area contributed by atoms with Gasteiger partial charge in [-0.25, -0.2) is 23.7 Å². The zero-order valence-corrected chi connectivity index (χ0v) is 18.8. The van der Waals surface area contributed by atoms with Crippen LogP contribution in [0.25, 0.3) is 0 Å². The molecule has 0 saturated carbocycles. The van der Waals surface area contributed by atoms with Crippen LogP contribution in [0.15, 0.2) is 61.3 Å². The second-order valence-electron chi connectivity index (χ2n) is 8.25. The van der Waals surface area contributed by atoms with Crippen molar-refractivity contribution in [2.45, 2.75) is 38.2 Å². The van der Waals surface area contributed by atoms with Crippen LogP contribution in [0.5, 0.6) is 11.6 Å². The molecule has 0 N–H and O–H groups in total. The number of halogens is 2. The van der Waals surface area contributed by atoms with Gasteiger partial charge in [-0.15, -0.1) is 0 Å². The van der Waals surface area contributed by atoms with Gasteiger partial charge in [-0.1, -0.05) is 19.1 Å². The summed E-state index contributed by atoms with van der Waals surface area (Å²) in [5.74, 6) is 1.02. The van der Waals surface area contributed by atoms with Gasteiger partial charge < -0.3 is 14.4 Å². The van der Waals surface area contributed by atoms with Gasteiger partial charge in [0.25, 0.3) is 6.43 Å². The lowest BCUT2D eigenvalue weighted by molar-refractivity contribution is 0.0796. The number of benzene rings is 1. The number of anilines is 1. The van der Waals surface area contributed by atoms with Crippen LogP contribution in [0.3, 0.4) is 0 Å². The highest BCUT2D eigenvalue weighted by Crippen LogP contribution is 2.27. The molecule has 0 amide bonds. The van der Waals surface area contributed by atoms with Crippen LogP contribution in [0.1, 0.15) is 41.6 Å². The monoisotopic (exact) mass is 468 g/mol. The van der Waals surface area contributed by atoms with Crippen molar-refractivity contribution in [1.82, 2.24) is 15.0 Å². The topological polar surface area (TPSA) is 77.4 Å². The van der Waals surface area contributed by atoms with E-state index in [1.807, 2.05) is 37.3 Å². The number of hydrogen-bond acceptors (Lipinski definition) is 7. The summed E-state index contributed by atoms with van der Waals surface area (Å²) in [7, 11) is 0. The highest BCUT2D eigenvalue weighted by molar-refractivity contribution is 5.95. The summed E-state index contributed by atoms with van der Waals surface area (Å²) in [6.45, 7) is 2.79. The zero-order chi connectivity index (χ0) is 23.9. The van der Waals surface area contributed by atoms with E-state index < -0.39 is 13.0 Å². The molecule has 0 spiro atoms. The second-order valence-corrected chi connectivity index (χ2v) is 8.25. The molecule has 1 aromatic carbocycles. The van der Waals surface area contributed by atoms with Gasteiger partial charge in [0, 0.05) is 49.7 Å². The zero-order valence-electron chi connectivity index (χ0n) is 18.8. The van der Waals surface area contributed by atoms with Crippen LogP contribution < -0.4 is 14.4 Å². The Hall–Kier alpha value is -3.62. The van der Waals surface area contributed by atoms with Crippen molar-refractivity contribution in [1.29, 1.82) is 0 Å². The standard InChI is InChI=1S/C25H26F2N4O3/c1-17(10-23(32)19-12-28-16-29-13-19)18-2-4-21(5-3-18)34-22-7-9-31(14-22)20-6-8-30-25(11-20)33-15-24(26)27/h2-6,8,11-13,16-17,22,24H,7,9-10,14-15H2,1H3/t17-,22?/m1/s1. The molecule has 1 aliphatic rings. The lowest BCUT2D eigenvalue weighted by Gasteiger charge is -2.20.